The molecular formula is C12H15N3O5. The Bertz CT molecular complexity index is 520. The van der Waals surface area contributed by atoms with E-state index in [9.17, 15) is 14.9 Å². The Morgan fingerprint density at radius 1 is 1.45 bits per heavy atom. The highest BCUT2D eigenvalue weighted by atomic mass is 16.6. The van der Waals surface area contributed by atoms with Crippen LogP contribution in [-0.2, 0) is 9.53 Å². The molecule has 1 aliphatic rings. The molecule has 0 unspecified atom stereocenters. The predicted octanol–water partition coefficient (Wildman–Crippen LogP) is 0.296. The second kappa shape index (κ2) is 6.31. The van der Waals surface area contributed by atoms with Crippen molar-refractivity contribution in [3.63, 3.8) is 0 Å². The van der Waals surface area contributed by atoms with Crippen LogP contribution in [0.2, 0.25) is 0 Å². The third-order valence-electron chi connectivity index (χ3n) is 2.82. The molecule has 0 spiro atoms. The first-order valence-electron chi connectivity index (χ1n) is 6.13. The topological polar surface area (TPSA) is 108 Å². The Balaban J connectivity index is 2.14. The number of carbonyl (C=O) groups is 1. The van der Waals surface area contributed by atoms with Gasteiger partial charge in [0.1, 0.15) is 0 Å². The second-order valence-electron chi connectivity index (χ2n) is 4.14. The van der Waals surface area contributed by atoms with Crippen LogP contribution < -0.4 is 15.4 Å². The molecule has 1 aromatic carbocycles. The molecule has 0 bridgehead atoms. The molecule has 1 amide bonds. The highest BCUT2D eigenvalue weighted by Gasteiger charge is 2.26. The Kier molecular flexibility index (Phi) is 4.49. The normalized spacial score (nSPS) is 13.8. The number of hydrogen-bond donors (Lipinski definition) is 1. The van der Waals surface area contributed by atoms with E-state index >= 15 is 0 Å². The lowest BCUT2D eigenvalue weighted by atomic mass is 10.2. The van der Waals surface area contributed by atoms with Gasteiger partial charge >= 0.3 is 0 Å². The minimum absolute atomic E-state index is 0.0718. The summed E-state index contributed by atoms with van der Waals surface area (Å²) in [5, 5.41) is 10.7. The number of amides is 1. The summed E-state index contributed by atoms with van der Waals surface area (Å²) < 4.78 is 10.5. The Hall–Kier alpha value is -2.19. The molecule has 108 valence electrons. The van der Waals surface area contributed by atoms with Crippen LogP contribution in [0.5, 0.6) is 5.75 Å². The first kappa shape index (κ1) is 14.2. The predicted molar refractivity (Wildman–Crippen MR) is 70.8 cm³/mol. The maximum Gasteiger partial charge on any atom is 0.273 e. The first-order valence-corrected chi connectivity index (χ1v) is 6.13. The van der Waals surface area contributed by atoms with Crippen LogP contribution in [0, 0.1) is 10.1 Å². The molecule has 0 radical (unpaired) electrons. The number of hydrogen-bond acceptors (Lipinski definition) is 6. The van der Waals surface area contributed by atoms with Gasteiger partial charge in [-0.05, 0) is 6.07 Å². The number of fused-ring (bicyclic) bond motifs is 1. The zero-order chi connectivity index (χ0) is 14.5. The number of non-ortho nitro benzene ring substituents is 1. The molecule has 0 aliphatic carbocycles. The fourth-order valence-corrected chi connectivity index (χ4v) is 1.89. The average Bonchev–Trinajstić information content (AvgIpc) is 2.44. The van der Waals surface area contributed by atoms with E-state index in [-0.39, 0.29) is 18.2 Å². The standard InChI is InChI=1S/C12H15N3O5/c13-3-5-19-6-4-14-10-2-1-9(15(17)18)7-11(10)20-8-12(14)16/h1-2,7H,3-6,8,13H2. The second-order valence-corrected chi connectivity index (χ2v) is 4.14. The van der Waals surface area contributed by atoms with Gasteiger partial charge < -0.3 is 20.1 Å². The summed E-state index contributed by atoms with van der Waals surface area (Å²) in [6.45, 7) is 1.41. The molecule has 20 heavy (non-hydrogen) atoms. The van der Waals surface area contributed by atoms with Gasteiger partial charge in [0.2, 0.25) is 0 Å². The van der Waals surface area contributed by atoms with Crippen LogP contribution in [-0.4, -0.2) is 43.7 Å². The highest BCUT2D eigenvalue weighted by molar-refractivity contribution is 5.98. The number of nitro benzene ring substituents is 1. The van der Waals surface area contributed by atoms with Gasteiger partial charge in [-0.2, -0.15) is 0 Å². The lowest BCUT2D eigenvalue weighted by molar-refractivity contribution is -0.384. The summed E-state index contributed by atoms with van der Waals surface area (Å²) in [7, 11) is 0. The molecule has 0 fully saturated rings. The summed E-state index contributed by atoms with van der Waals surface area (Å²) in [5.74, 6) is 0.125. The SMILES string of the molecule is NCCOCCN1C(=O)COc2cc([N+](=O)[O-])ccc21. The van der Waals surface area contributed by atoms with Crippen LogP contribution in [0.15, 0.2) is 18.2 Å². The number of nitro groups is 1. The van der Waals surface area contributed by atoms with Gasteiger partial charge in [-0.3, -0.25) is 14.9 Å². The number of carbonyl (C=O) groups excluding carboxylic acids is 1. The zero-order valence-electron chi connectivity index (χ0n) is 10.8. The van der Waals surface area contributed by atoms with E-state index in [1.165, 1.54) is 23.1 Å². The first-order chi connectivity index (χ1) is 9.63. The van der Waals surface area contributed by atoms with E-state index in [2.05, 4.69) is 0 Å². The third kappa shape index (κ3) is 3.03. The Morgan fingerprint density at radius 2 is 2.25 bits per heavy atom. The van der Waals surface area contributed by atoms with Crippen molar-refractivity contribution >= 4 is 17.3 Å². The van der Waals surface area contributed by atoms with E-state index in [0.717, 1.165) is 0 Å². The Labute approximate surface area is 115 Å². The lowest BCUT2D eigenvalue weighted by Crippen LogP contribution is -2.41. The number of anilines is 1. The van der Waals surface area contributed by atoms with Crippen LogP contribution >= 0.6 is 0 Å². The fourth-order valence-electron chi connectivity index (χ4n) is 1.89. The smallest absolute Gasteiger partial charge is 0.273 e. The monoisotopic (exact) mass is 281 g/mol. The quantitative estimate of drug-likeness (QED) is 0.456. The molecule has 1 aliphatic heterocycles. The van der Waals surface area contributed by atoms with Gasteiger partial charge in [-0.1, -0.05) is 0 Å². The molecule has 8 nitrogen and oxygen atoms in total. The number of nitrogens with two attached hydrogens (primary N) is 1. The Morgan fingerprint density at radius 3 is 2.95 bits per heavy atom. The van der Waals surface area contributed by atoms with Gasteiger partial charge in [0.25, 0.3) is 11.6 Å². The maximum atomic E-state index is 11.8. The van der Waals surface area contributed by atoms with Crippen molar-refractivity contribution in [1.29, 1.82) is 0 Å². The summed E-state index contributed by atoms with van der Waals surface area (Å²) in [6, 6.07) is 4.16. The van der Waals surface area contributed by atoms with Gasteiger partial charge in [0, 0.05) is 19.2 Å². The van der Waals surface area contributed by atoms with Crippen LogP contribution in [0.1, 0.15) is 0 Å². The van der Waals surface area contributed by atoms with Crippen molar-refractivity contribution in [1.82, 2.24) is 0 Å². The van der Waals surface area contributed by atoms with Crippen molar-refractivity contribution in [2.24, 2.45) is 5.73 Å². The molecule has 1 heterocycles. The average molecular weight is 281 g/mol. The summed E-state index contributed by atoms with van der Waals surface area (Å²) in [6.07, 6.45) is 0. The van der Waals surface area contributed by atoms with Crippen molar-refractivity contribution in [3.8, 4) is 5.75 Å². The van der Waals surface area contributed by atoms with Crippen LogP contribution in [0.3, 0.4) is 0 Å². The molecule has 0 atom stereocenters. The lowest BCUT2D eigenvalue weighted by Gasteiger charge is -2.29. The maximum absolute atomic E-state index is 11.8. The van der Waals surface area contributed by atoms with E-state index in [4.69, 9.17) is 15.2 Å². The summed E-state index contributed by atoms with van der Waals surface area (Å²) in [4.78, 5) is 23.5. The minimum Gasteiger partial charge on any atom is -0.481 e. The van der Waals surface area contributed by atoms with Gasteiger partial charge in [-0.15, -0.1) is 0 Å². The highest BCUT2D eigenvalue weighted by Crippen LogP contribution is 2.34. The van der Waals surface area contributed by atoms with Crippen molar-refractivity contribution in [2.75, 3.05) is 37.8 Å². The van der Waals surface area contributed by atoms with Crippen molar-refractivity contribution < 1.29 is 19.2 Å². The van der Waals surface area contributed by atoms with Crippen LogP contribution in [0.4, 0.5) is 11.4 Å². The fraction of sp³-hybridized carbons (Fsp3) is 0.417. The molecule has 0 saturated carbocycles. The molecule has 2 N–H and O–H groups in total. The molecule has 0 saturated heterocycles. The van der Waals surface area contributed by atoms with E-state index in [0.29, 0.717) is 37.7 Å². The van der Waals surface area contributed by atoms with Crippen molar-refractivity contribution in [2.45, 2.75) is 0 Å². The summed E-state index contributed by atoms with van der Waals surface area (Å²) >= 11 is 0. The number of nitrogens with zero attached hydrogens (tertiary/aromatic N) is 2. The number of rotatable bonds is 6. The van der Waals surface area contributed by atoms with Gasteiger partial charge in [0.15, 0.2) is 12.4 Å². The van der Waals surface area contributed by atoms with E-state index in [1.807, 2.05) is 0 Å². The molecule has 0 aromatic heterocycles. The number of benzene rings is 1. The molecule has 8 heteroatoms. The van der Waals surface area contributed by atoms with E-state index < -0.39 is 4.92 Å². The minimum atomic E-state index is -0.505. The van der Waals surface area contributed by atoms with Crippen LogP contribution in [0.25, 0.3) is 0 Å². The number of ether oxygens (including phenoxy) is 2. The zero-order valence-corrected chi connectivity index (χ0v) is 10.8. The third-order valence-corrected chi connectivity index (χ3v) is 2.82. The largest absolute Gasteiger partial charge is 0.481 e. The van der Waals surface area contributed by atoms with E-state index in [1.54, 1.807) is 0 Å². The van der Waals surface area contributed by atoms with Gasteiger partial charge in [0.05, 0.1) is 29.9 Å². The molecular weight excluding hydrogens is 266 g/mol. The molecule has 2 rings (SSSR count). The summed E-state index contributed by atoms with van der Waals surface area (Å²) in [5.41, 5.74) is 5.75. The molecule has 1 aromatic rings. The van der Waals surface area contributed by atoms with Crippen molar-refractivity contribution in [3.05, 3.63) is 28.3 Å². The van der Waals surface area contributed by atoms with Gasteiger partial charge in [-0.25, -0.2) is 0 Å².